The van der Waals surface area contributed by atoms with Gasteiger partial charge in [0.25, 0.3) is 0 Å². The highest BCUT2D eigenvalue weighted by Crippen LogP contribution is 2.32. The summed E-state index contributed by atoms with van der Waals surface area (Å²) in [4.78, 5) is 12.1. The van der Waals surface area contributed by atoms with E-state index in [9.17, 15) is 18.0 Å². The molecule has 0 saturated carbocycles. The number of anilines is 1. The Hall–Kier alpha value is -2.20. The van der Waals surface area contributed by atoms with Gasteiger partial charge in [-0.2, -0.15) is 13.2 Å². The van der Waals surface area contributed by atoms with Gasteiger partial charge in [-0.25, -0.2) is 4.79 Å². The van der Waals surface area contributed by atoms with Gasteiger partial charge in [-0.15, -0.1) is 10.2 Å². The van der Waals surface area contributed by atoms with E-state index >= 15 is 0 Å². The second kappa shape index (κ2) is 7.58. The molecule has 1 aromatic heterocycles. The van der Waals surface area contributed by atoms with Crippen molar-refractivity contribution in [3.05, 3.63) is 40.4 Å². The van der Waals surface area contributed by atoms with Crippen molar-refractivity contribution in [1.82, 2.24) is 15.5 Å². The molecule has 1 saturated heterocycles. The number of amides is 2. The molecular weight excluding hydrogens is 369 g/mol. The van der Waals surface area contributed by atoms with Crippen LogP contribution in [0.5, 0.6) is 0 Å². The molecule has 1 aromatic carbocycles. The molecule has 2 unspecified atom stereocenters. The number of carbonyl (C=O) groups is 1. The van der Waals surface area contributed by atoms with Gasteiger partial charge < -0.3 is 10.1 Å². The summed E-state index contributed by atoms with van der Waals surface area (Å²) in [5.41, 5.74) is -0.401. The van der Waals surface area contributed by atoms with Crippen molar-refractivity contribution in [1.29, 1.82) is 0 Å². The van der Waals surface area contributed by atoms with Gasteiger partial charge in [-0.3, -0.25) is 5.32 Å². The molecule has 0 bridgehead atoms. The number of ether oxygens (including phenoxy) is 1. The smallest absolute Gasteiger partial charge is 0.371 e. The molecule has 2 aromatic rings. The number of hydrogen-bond donors (Lipinski definition) is 2. The molecule has 2 heterocycles. The Balaban J connectivity index is 1.59. The molecule has 0 aliphatic carbocycles. The molecule has 3 rings (SSSR count). The largest absolute Gasteiger partial charge is 0.416 e. The highest BCUT2D eigenvalue weighted by Gasteiger charge is 2.30. The van der Waals surface area contributed by atoms with Crippen LogP contribution in [0.2, 0.25) is 0 Å². The van der Waals surface area contributed by atoms with Crippen LogP contribution in [0.25, 0.3) is 0 Å². The predicted molar refractivity (Wildman–Crippen MR) is 89.8 cm³/mol. The van der Waals surface area contributed by atoms with Gasteiger partial charge in [0.15, 0.2) is 0 Å². The standard InChI is InChI=1S/C16H17F3N4O2S/c1-9(10-4-2-5-11(8-10)16(17,18)19)20-14(24)21-15-23-22-13(26-15)12-6-3-7-25-12/h2,4-5,8-9,12H,3,6-7H2,1H3,(H2,20,21,23,24). The first kappa shape index (κ1) is 18.6. The van der Waals surface area contributed by atoms with Crippen LogP contribution in [-0.4, -0.2) is 22.8 Å². The van der Waals surface area contributed by atoms with Crippen molar-refractivity contribution < 1.29 is 22.7 Å². The lowest BCUT2D eigenvalue weighted by atomic mass is 10.1. The summed E-state index contributed by atoms with van der Waals surface area (Å²) in [7, 11) is 0. The number of carbonyl (C=O) groups excluding carboxylic acids is 1. The number of benzene rings is 1. The van der Waals surface area contributed by atoms with Crippen molar-refractivity contribution in [3.8, 4) is 0 Å². The first-order chi connectivity index (χ1) is 12.3. The second-order valence-electron chi connectivity index (χ2n) is 5.89. The maximum absolute atomic E-state index is 12.8. The van der Waals surface area contributed by atoms with Crippen LogP contribution < -0.4 is 10.6 Å². The summed E-state index contributed by atoms with van der Waals surface area (Å²) >= 11 is 1.22. The Kier molecular flexibility index (Phi) is 5.42. The molecule has 1 fully saturated rings. The van der Waals surface area contributed by atoms with Gasteiger partial charge in [0.1, 0.15) is 11.1 Å². The molecular formula is C16H17F3N4O2S. The van der Waals surface area contributed by atoms with E-state index in [1.54, 1.807) is 6.92 Å². The van der Waals surface area contributed by atoms with Crippen LogP contribution in [0, 0.1) is 0 Å². The minimum Gasteiger partial charge on any atom is -0.371 e. The van der Waals surface area contributed by atoms with Crippen LogP contribution >= 0.6 is 11.3 Å². The highest BCUT2D eigenvalue weighted by atomic mass is 32.1. The summed E-state index contributed by atoms with van der Waals surface area (Å²) < 4.78 is 43.9. The van der Waals surface area contributed by atoms with E-state index in [1.165, 1.54) is 23.5 Å². The van der Waals surface area contributed by atoms with Crippen LogP contribution in [0.4, 0.5) is 23.1 Å². The molecule has 1 aliphatic heterocycles. The lowest BCUT2D eigenvalue weighted by Crippen LogP contribution is -2.31. The number of nitrogens with zero attached hydrogens (tertiary/aromatic N) is 2. The van der Waals surface area contributed by atoms with E-state index in [0.717, 1.165) is 25.0 Å². The van der Waals surface area contributed by atoms with Gasteiger partial charge in [-0.1, -0.05) is 23.5 Å². The third kappa shape index (κ3) is 4.50. The monoisotopic (exact) mass is 386 g/mol. The summed E-state index contributed by atoms with van der Waals surface area (Å²) in [5.74, 6) is 0. The number of aromatic nitrogens is 2. The maximum Gasteiger partial charge on any atom is 0.416 e. The highest BCUT2D eigenvalue weighted by molar-refractivity contribution is 7.15. The molecule has 6 nitrogen and oxygen atoms in total. The van der Waals surface area contributed by atoms with Gasteiger partial charge in [-0.05, 0) is 37.5 Å². The molecule has 26 heavy (non-hydrogen) atoms. The number of urea groups is 1. The van der Waals surface area contributed by atoms with Gasteiger partial charge in [0, 0.05) is 6.61 Å². The SMILES string of the molecule is CC(NC(=O)Nc1nnc(C2CCCO2)s1)c1cccc(C(F)(F)F)c1. The van der Waals surface area contributed by atoms with Crippen molar-refractivity contribution >= 4 is 22.5 Å². The zero-order valence-electron chi connectivity index (χ0n) is 13.8. The van der Waals surface area contributed by atoms with Crippen molar-refractivity contribution in [2.24, 2.45) is 0 Å². The van der Waals surface area contributed by atoms with E-state index in [-0.39, 0.29) is 6.10 Å². The number of rotatable bonds is 4. The van der Waals surface area contributed by atoms with Gasteiger partial charge >= 0.3 is 12.2 Å². The third-order valence-corrected chi connectivity index (χ3v) is 4.86. The average molecular weight is 386 g/mol. The van der Waals surface area contributed by atoms with Crippen LogP contribution in [0.1, 0.15) is 48.0 Å². The van der Waals surface area contributed by atoms with E-state index in [4.69, 9.17) is 4.74 Å². The maximum atomic E-state index is 12.8. The second-order valence-corrected chi connectivity index (χ2v) is 6.90. The molecule has 2 N–H and O–H groups in total. The quantitative estimate of drug-likeness (QED) is 0.822. The normalized spacial score (nSPS) is 18.5. The van der Waals surface area contributed by atoms with Crippen molar-refractivity contribution in [2.45, 2.75) is 38.1 Å². The van der Waals surface area contributed by atoms with E-state index in [1.807, 2.05) is 0 Å². The Bertz CT molecular complexity index is 775. The predicted octanol–water partition coefficient (Wildman–Crippen LogP) is 4.29. The lowest BCUT2D eigenvalue weighted by molar-refractivity contribution is -0.137. The molecule has 2 atom stereocenters. The number of alkyl halides is 3. The minimum absolute atomic E-state index is 0.0878. The summed E-state index contributed by atoms with van der Waals surface area (Å²) in [5, 5.41) is 14.0. The Morgan fingerprint density at radius 1 is 1.38 bits per heavy atom. The third-order valence-electron chi connectivity index (χ3n) is 3.93. The lowest BCUT2D eigenvalue weighted by Gasteiger charge is -2.16. The van der Waals surface area contributed by atoms with E-state index in [2.05, 4.69) is 20.8 Å². The number of nitrogens with one attached hydrogen (secondary N) is 2. The van der Waals surface area contributed by atoms with Crippen LogP contribution in [0.3, 0.4) is 0 Å². The number of halogens is 3. The molecule has 10 heteroatoms. The number of hydrogen-bond acceptors (Lipinski definition) is 5. The fourth-order valence-corrected chi connectivity index (χ4v) is 3.41. The minimum atomic E-state index is -4.43. The molecule has 0 spiro atoms. The topological polar surface area (TPSA) is 76.1 Å². The summed E-state index contributed by atoms with van der Waals surface area (Å²) in [6.07, 6.45) is -2.69. The zero-order valence-corrected chi connectivity index (χ0v) is 14.7. The van der Waals surface area contributed by atoms with Crippen molar-refractivity contribution in [2.75, 3.05) is 11.9 Å². The first-order valence-electron chi connectivity index (χ1n) is 8.02. The Morgan fingerprint density at radius 3 is 2.88 bits per heavy atom. The molecule has 140 valence electrons. The average Bonchev–Trinajstić information content (AvgIpc) is 3.25. The van der Waals surface area contributed by atoms with E-state index in [0.29, 0.717) is 22.3 Å². The van der Waals surface area contributed by atoms with Crippen LogP contribution in [-0.2, 0) is 10.9 Å². The van der Waals surface area contributed by atoms with Crippen molar-refractivity contribution in [3.63, 3.8) is 0 Å². The van der Waals surface area contributed by atoms with E-state index < -0.39 is 23.8 Å². The first-order valence-corrected chi connectivity index (χ1v) is 8.84. The van der Waals surface area contributed by atoms with Gasteiger partial charge in [0.05, 0.1) is 11.6 Å². The fraction of sp³-hybridized carbons (Fsp3) is 0.438. The molecule has 2 amide bonds. The fourth-order valence-electron chi connectivity index (χ4n) is 2.59. The zero-order chi connectivity index (χ0) is 18.7. The molecule has 0 radical (unpaired) electrons. The molecule has 1 aliphatic rings. The Labute approximate surface area is 151 Å². The summed E-state index contributed by atoms with van der Waals surface area (Å²) in [6.45, 7) is 2.29. The van der Waals surface area contributed by atoms with Gasteiger partial charge in [0.2, 0.25) is 5.13 Å². The van der Waals surface area contributed by atoms with Crippen LogP contribution in [0.15, 0.2) is 24.3 Å². The Morgan fingerprint density at radius 2 is 2.19 bits per heavy atom. The summed E-state index contributed by atoms with van der Waals surface area (Å²) in [6, 6.07) is 3.68.